The summed E-state index contributed by atoms with van der Waals surface area (Å²) in [6, 6.07) is -1.32. The summed E-state index contributed by atoms with van der Waals surface area (Å²) in [5.41, 5.74) is 0. The average Bonchev–Trinajstić information content (AvgIpc) is 2.38. The molecule has 3 amide bonds. The standard InChI is InChI=1S/C13H25N3O5/c1-9(2)16(7-5-11(17)18)13(20)15-10(3)12(19)14-6-8-21-4/h9-10H,5-8H2,1-4H3,(H,14,19)(H,15,20)(H,17,18). The highest BCUT2D eigenvalue weighted by Gasteiger charge is 2.22. The van der Waals surface area contributed by atoms with E-state index >= 15 is 0 Å². The number of carbonyl (C=O) groups excluding carboxylic acids is 2. The molecule has 0 spiro atoms. The van der Waals surface area contributed by atoms with Gasteiger partial charge in [0, 0.05) is 26.2 Å². The molecule has 0 aromatic heterocycles. The van der Waals surface area contributed by atoms with Gasteiger partial charge in [0.1, 0.15) is 6.04 Å². The minimum absolute atomic E-state index is 0.0941. The maximum atomic E-state index is 12.1. The molecule has 0 radical (unpaired) electrons. The topological polar surface area (TPSA) is 108 Å². The SMILES string of the molecule is COCCNC(=O)C(C)NC(=O)N(CCC(=O)O)C(C)C. The molecule has 3 N–H and O–H groups in total. The van der Waals surface area contributed by atoms with Crippen molar-refractivity contribution in [3.63, 3.8) is 0 Å². The van der Waals surface area contributed by atoms with Crippen LogP contribution in [0.1, 0.15) is 27.2 Å². The largest absolute Gasteiger partial charge is 0.481 e. The Morgan fingerprint density at radius 1 is 1.24 bits per heavy atom. The molecule has 1 atom stereocenters. The molecule has 0 saturated heterocycles. The second-order valence-electron chi connectivity index (χ2n) is 4.89. The van der Waals surface area contributed by atoms with E-state index in [0.29, 0.717) is 13.2 Å². The zero-order valence-electron chi connectivity index (χ0n) is 13.0. The molecule has 0 fully saturated rings. The molecule has 0 aromatic carbocycles. The second-order valence-corrected chi connectivity index (χ2v) is 4.89. The fourth-order valence-electron chi connectivity index (χ4n) is 1.57. The van der Waals surface area contributed by atoms with Gasteiger partial charge in [-0.05, 0) is 20.8 Å². The summed E-state index contributed by atoms with van der Waals surface area (Å²) in [7, 11) is 1.53. The number of carboxylic acids is 1. The van der Waals surface area contributed by atoms with E-state index in [4.69, 9.17) is 9.84 Å². The number of methoxy groups -OCH3 is 1. The van der Waals surface area contributed by atoms with Gasteiger partial charge in [-0.1, -0.05) is 0 Å². The minimum atomic E-state index is -0.973. The van der Waals surface area contributed by atoms with Crippen LogP contribution in [0.5, 0.6) is 0 Å². The van der Waals surface area contributed by atoms with Crippen molar-refractivity contribution in [3.05, 3.63) is 0 Å². The Kier molecular flexibility index (Phi) is 9.11. The fraction of sp³-hybridized carbons (Fsp3) is 0.769. The predicted octanol–water partition coefficient (Wildman–Crippen LogP) is 0.0322. The maximum Gasteiger partial charge on any atom is 0.318 e. The average molecular weight is 303 g/mol. The summed E-state index contributed by atoms with van der Waals surface area (Å²) in [4.78, 5) is 35.8. The van der Waals surface area contributed by atoms with Gasteiger partial charge in [-0.15, -0.1) is 0 Å². The first kappa shape index (κ1) is 19.2. The highest BCUT2D eigenvalue weighted by molar-refractivity contribution is 5.86. The molecule has 122 valence electrons. The Hall–Kier alpha value is -1.83. The number of rotatable bonds is 9. The molecule has 1 unspecified atom stereocenters. The highest BCUT2D eigenvalue weighted by Crippen LogP contribution is 2.01. The summed E-state index contributed by atoms with van der Waals surface area (Å²) < 4.78 is 4.81. The van der Waals surface area contributed by atoms with Crippen molar-refractivity contribution >= 4 is 17.9 Å². The molecule has 0 saturated carbocycles. The lowest BCUT2D eigenvalue weighted by atomic mass is 10.2. The van der Waals surface area contributed by atoms with Gasteiger partial charge in [0.15, 0.2) is 0 Å². The first-order chi connectivity index (χ1) is 9.79. The number of ether oxygens (including phenoxy) is 1. The van der Waals surface area contributed by atoms with Crippen molar-refractivity contribution < 1.29 is 24.2 Å². The zero-order valence-corrected chi connectivity index (χ0v) is 13.0. The van der Waals surface area contributed by atoms with Crippen molar-refractivity contribution in [1.29, 1.82) is 0 Å². The van der Waals surface area contributed by atoms with Crippen LogP contribution in [0.2, 0.25) is 0 Å². The van der Waals surface area contributed by atoms with Crippen LogP contribution in [-0.2, 0) is 14.3 Å². The second kappa shape index (κ2) is 9.98. The number of carbonyl (C=O) groups is 3. The fourth-order valence-corrected chi connectivity index (χ4v) is 1.57. The Morgan fingerprint density at radius 2 is 1.86 bits per heavy atom. The Labute approximate surface area is 124 Å². The maximum absolute atomic E-state index is 12.1. The predicted molar refractivity (Wildman–Crippen MR) is 77.0 cm³/mol. The summed E-state index contributed by atoms with van der Waals surface area (Å²) in [5, 5.41) is 13.9. The van der Waals surface area contributed by atoms with Crippen molar-refractivity contribution in [2.45, 2.75) is 39.3 Å². The minimum Gasteiger partial charge on any atom is -0.481 e. The van der Waals surface area contributed by atoms with Crippen LogP contribution in [0, 0.1) is 0 Å². The van der Waals surface area contributed by atoms with Gasteiger partial charge in [-0.3, -0.25) is 9.59 Å². The Bertz CT molecular complexity index is 360. The molecule has 0 rings (SSSR count). The molecule has 0 aromatic rings. The van der Waals surface area contributed by atoms with Gasteiger partial charge < -0.3 is 25.4 Å². The summed E-state index contributed by atoms with van der Waals surface area (Å²) >= 11 is 0. The third kappa shape index (κ3) is 8.13. The lowest BCUT2D eigenvalue weighted by Crippen LogP contribution is -2.52. The van der Waals surface area contributed by atoms with Crippen LogP contribution in [0.4, 0.5) is 4.79 Å². The van der Waals surface area contributed by atoms with Crippen LogP contribution in [-0.4, -0.2) is 66.8 Å². The zero-order chi connectivity index (χ0) is 16.4. The number of urea groups is 1. The van der Waals surface area contributed by atoms with Gasteiger partial charge in [0.25, 0.3) is 0 Å². The molecule has 0 heterocycles. The Balaban J connectivity index is 4.39. The van der Waals surface area contributed by atoms with Gasteiger partial charge in [-0.25, -0.2) is 4.79 Å². The van der Waals surface area contributed by atoms with Crippen molar-refractivity contribution in [3.8, 4) is 0 Å². The molecule has 8 nitrogen and oxygen atoms in total. The first-order valence-electron chi connectivity index (χ1n) is 6.85. The van der Waals surface area contributed by atoms with E-state index < -0.39 is 18.0 Å². The third-order valence-electron chi connectivity index (χ3n) is 2.79. The van der Waals surface area contributed by atoms with Crippen molar-refractivity contribution in [1.82, 2.24) is 15.5 Å². The van der Waals surface area contributed by atoms with E-state index in [-0.39, 0.29) is 24.9 Å². The normalized spacial score (nSPS) is 11.9. The third-order valence-corrected chi connectivity index (χ3v) is 2.79. The van der Waals surface area contributed by atoms with Crippen LogP contribution in [0.15, 0.2) is 0 Å². The van der Waals surface area contributed by atoms with Gasteiger partial charge >= 0.3 is 12.0 Å². The van der Waals surface area contributed by atoms with Gasteiger partial charge in [0.2, 0.25) is 5.91 Å². The number of hydrogen-bond acceptors (Lipinski definition) is 4. The first-order valence-corrected chi connectivity index (χ1v) is 6.85. The number of amides is 3. The molecule has 0 bridgehead atoms. The Morgan fingerprint density at radius 3 is 2.33 bits per heavy atom. The van der Waals surface area contributed by atoms with Crippen LogP contribution >= 0.6 is 0 Å². The van der Waals surface area contributed by atoms with E-state index in [1.807, 2.05) is 0 Å². The molecular formula is C13H25N3O5. The highest BCUT2D eigenvalue weighted by atomic mass is 16.5. The van der Waals surface area contributed by atoms with Crippen LogP contribution in [0.25, 0.3) is 0 Å². The molecule has 0 aliphatic rings. The molecular weight excluding hydrogens is 278 g/mol. The number of nitrogens with one attached hydrogen (secondary N) is 2. The molecule has 8 heteroatoms. The summed E-state index contributed by atoms with van der Waals surface area (Å²) in [6.07, 6.45) is -0.139. The van der Waals surface area contributed by atoms with Gasteiger partial charge in [-0.2, -0.15) is 0 Å². The molecule has 21 heavy (non-hydrogen) atoms. The van der Waals surface area contributed by atoms with Gasteiger partial charge in [0.05, 0.1) is 13.0 Å². The summed E-state index contributed by atoms with van der Waals surface area (Å²) in [6.45, 7) is 5.98. The smallest absolute Gasteiger partial charge is 0.318 e. The van der Waals surface area contributed by atoms with Crippen LogP contribution in [0.3, 0.4) is 0 Å². The van der Waals surface area contributed by atoms with E-state index in [2.05, 4.69) is 10.6 Å². The van der Waals surface area contributed by atoms with Crippen molar-refractivity contribution in [2.24, 2.45) is 0 Å². The number of hydrogen-bond donors (Lipinski definition) is 3. The quantitative estimate of drug-likeness (QED) is 0.521. The van der Waals surface area contributed by atoms with E-state index in [1.54, 1.807) is 20.8 Å². The van der Waals surface area contributed by atoms with E-state index in [1.165, 1.54) is 12.0 Å². The van der Waals surface area contributed by atoms with E-state index in [9.17, 15) is 14.4 Å². The number of carboxylic acid groups (broad SMARTS) is 1. The lowest BCUT2D eigenvalue weighted by Gasteiger charge is -2.27. The lowest BCUT2D eigenvalue weighted by molar-refractivity contribution is -0.137. The van der Waals surface area contributed by atoms with Crippen molar-refractivity contribution in [2.75, 3.05) is 26.8 Å². The summed E-state index contributed by atoms with van der Waals surface area (Å²) in [5.74, 6) is -1.29. The van der Waals surface area contributed by atoms with Crippen LogP contribution < -0.4 is 10.6 Å². The monoisotopic (exact) mass is 303 g/mol. The molecule has 0 aliphatic carbocycles. The molecule has 0 aliphatic heterocycles. The number of aliphatic carboxylic acids is 1. The van der Waals surface area contributed by atoms with E-state index in [0.717, 1.165) is 0 Å². The number of nitrogens with zero attached hydrogens (tertiary/aromatic N) is 1.